The molecule has 3 aromatic heterocycles. The van der Waals surface area contributed by atoms with Gasteiger partial charge < -0.3 is 9.64 Å². The van der Waals surface area contributed by atoms with E-state index in [1.165, 1.54) is 11.3 Å². The van der Waals surface area contributed by atoms with Gasteiger partial charge in [0.1, 0.15) is 15.8 Å². The molecule has 4 rings (SSSR count). The van der Waals surface area contributed by atoms with Crippen LogP contribution in [0.2, 0.25) is 0 Å². The lowest BCUT2D eigenvalue weighted by molar-refractivity contribution is 0.0564. The monoisotopic (exact) mass is 356 g/mol. The highest BCUT2D eigenvalue weighted by Gasteiger charge is 2.17. The van der Waals surface area contributed by atoms with Gasteiger partial charge in [-0.15, -0.1) is 10.2 Å². The average molecular weight is 356 g/mol. The molecule has 0 radical (unpaired) electrons. The Labute approximate surface area is 147 Å². The lowest BCUT2D eigenvalue weighted by atomic mass is 10.2. The number of anilines is 1. The highest BCUT2D eigenvalue weighted by atomic mass is 32.1. The molecule has 0 aromatic carbocycles. The topological polar surface area (TPSA) is 93.1 Å². The van der Waals surface area contributed by atoms with Crippen LogP contribution in [-0.2, 0) is 4.74 Å². The van der Waals surface area contributed by atoms with Gasteiger partial charge in [-0.1, -0.05) is 11.3 Å². The van der Waals surface area contributed by atoms with Crippen molar-refractivity contribution in [2.45, 2.75) is 6.92 Å². The van der Waals surface area contributed by atoms with Crippen LogP contribution in [0.15, 0.2) is 24.5 Å². The summed E-state index contributed by atoms with van der Waals surface area (Å²) in [4.78, 5) is 22.7. The zero-order valence-corrected chi connectivity index (χ0v) is 14.4. The Hall–Kier alpha value is -2.65. The molecule has 3 aromatic rings. The Balaban J connectivity index is 1.59. The third-order valence-electron chi connectivity index (χ3n) is 3.87. The number of aromatic nitrogens is 4. The summed E-state index contributed by atoms with van der Waals surface area (Å²) in [5.74, 6) is 0.497. The summed E-state index contributed by atoms with van der Waals surface area (Å²) in [6.45, 7) is 4.21. The molecule has 1 aliphatic rings. The molecule has 2 amide bonds. The van der Waals surface area contributed by atoms with Crippen molar-refractivity contribution in [3.63, 3.8) is 0 Å². The number of ether oxygens (including phenoxy) is 1. The van der Waals surface area contributed by atoms with Crippen LogP contribution in [-0.4, -0.2) is 57.4 Å². The summed E-state index contributed by atoms with van der Waals surface area (Å²) >= 11 is 1.52. The van der Waals surface area contributed by atoms with Gasteiger partial charge in [-0.2, -0.15) is 0 Å². The van der Waals surface area contributed by atoms with Crippen LogP contribution in [0.5, 0.6) is 0 Å². The van der Waals surface area contributed by atoms with E-state index in [2.05, 4.69) is 25.5 Å². The number of nitrogens with one attached hydrogen (secondary N) is 1. The lowest BCUT2D eigenvalue weighted by Gasteiger charge is -2.26. The second-order valence-electron chi connectivity index (χ2n) is 5.64. The number of carbonyl (C=O) groups excluding carboxylic acids is 1. The summed E-state index contributed by atoms with van der Waals surface area (Å²) < 4.78 is 5.26. The second-order valence-corrected chi connectivity index (χ2v) is 6.82. The van der Waals surface area contributed by atoms with Crippen LogP contribution in [0.1, 0.15) is 5.01 Å². The molecule has 0 atom stereocenters. The molecule has 128 valence electrons. The van der Waals surface area contributed by atoms with Crippen LogP contribution in [0.4, 0.5) is 10.6 Å². The molecule has 8 nitrogen and oxygen atoms in total. The number of hydrogen-bond donors (Lipinski definition) is 1. The largest absolute Gasteiger partial charge is 0.378 e. The number of urea groups is 1. The van der Waals surface area contributed by atoms with Crippen molar-refractivity contribution in [2.75, 3.05) is 31.6 Å². The number of rotatable bonds is 2. The Morgan fingerprint density at radius 1 is 1.20 bits per heavy atom. The van der Waals surface area contributed by atoms with Crippen molar-refractivity contribution in [1.82, 2.24) is 25.1 Å². The highest BCUT2D eigenvalue weighted by Crippen LogP contribution is 2.26. The molecule has 0 spiro atoms. The van der Waals surface area contributed by atoms with Gasteiger partial charge in [0, 0.05) is 30.2 Å². The molecule has 0 aliphatic carbocycles. The zero-order chi connectivity index (χ0) is 17.2. The lowest BCUT2D eigenvalue weighted by Crippen LogP contribution is -2.43. The van der Waals surface area contributed by atoms with Crippen molar-refractivity contribution in [2.24, 2.45) is 0 Å². The fraction of sp³-hybridized carbons (Fsp3) is 0.312. The van der Waals surface area contributed by atoms with Gasteiger partial charge in [-0.3, -0.25) is 10.3 Å². The molecule has 1 N–H and O–H groups in total. The van der Waals surface area contributed by atoms with Gasteiger partial charge >= 0.3 is 6.03 Å². The van der Waals surface area contributed by atoms with Crippen molar-refractivity contribution in [3.8, 4) is 10.6 Å². The van der Waals surface area contributed by atoms with E-state index in [9.17, 15) is 4.79 Å². The standard InChI is InChI=1S/C16H16N6O2S/c1-10-20-21-15(25-10)12-6-11-7-14(18-9-13(11)17-8-12)19-16(23)22-2-4-24-5-3-22/h6-9H,2-5H2,1H3,(H,18,19,23). The maximum atomic E-state index is 12.3. The van der Waals surface area contributed by atoms with Crippen molar-refractivity contribution >= 4 is 34.1 Å². The first kappa shape index (κ1) is 15.9. The molecule has 4 heterocycles. The number of fused-ring (bicyclic) bond motifs is 1. The minimum Gasteiger partial charge on any atom is -0.378 e. The first-order chi connectivity index (χ1) is 12.2. The number of aryl methyl sites for hydroxylation is 1. The summed E-state index contributed by atoms with van der Waals surface area (Å²) in [6.07, 6.45) is 3.41. The first-order valence-corrected chi connectivity index (χ1v) is 8.71. The number of nitrogens with zero attached hydrogens (tertiary/aromatic N) is 5. The van der Waals surface area contributed by atoms with E-state index >= 15 is 0 Å². The molecular formula is C16H16N6O2S. The molecule has 1 aliphatic heterocycles. The summed E-state index contributed by atoms with van der Waals surface area (Å²) in [6, 6.07) is 3.63. The Morgan fingerprint density at radius 3 is 2.80 bits per heavy atom. The van der Waals surface area contributed by atoms with Gasteiger partial charge in [-0.05, 0) is 19.1 Å². The highest BCUT2D eigenvalue weighted by molar-refractivity contribution is 7.14. The third-order valence-corrected chi connectivity index (χ3v) is 4.76. The van der Waals surface area contributed by atoms with Gasteiger partial charge in [0.05, 0.1) is 24.9 Å². The Morgan fingerprint density at radius 2 is 2.04 bits per heavy atom. The van der Waals surface area contributed by atoms with E-state index in [0.29, 0.717) is 32.1 Å². The number of pyridine rings is 2. The summed E-state index contributed by atoms with van der Waals surface area (Å²) in [5, 5.41) is 13.6. The van der Waals surface area contributed by atoms with Crippen LogP contribution >= 0.6 is 11.3 Å². The molecular weight excluding hydrogens is 340 g/mol. The van der Waals surface area contributed by atoms with Crippen molar-refractivity contribution in [1.29, 1.82) is 0 Å². The van der Waals surface area contributed by atoms with Gasteiger partial charge in [0.25, 0.3) is 0 Å². The molecule has 0 saturated carbocycles. The van der Waals surface area contributed by atoms with Crippen molar-refractivity contribution < 1.29 is 9.53 Å². The quantitative estimate of drug-likeness (QED) is 0.757. The molecule has 1 fully saturated rings. The maximum absolute atomic E-state index is 12.3. The first-order valence-electron chi connectivity index (χ1n) is 7.89. The number of carbonyl (C=O) groups is 1. The fourth-order valence-corrected chi connectivity index (χ4v) is 3.26. The minimum absolute atomic E-state index is 0.168. The average Bonchev–Trinajstić information content (AvgIpc) is 3.08. The van der Waals surface area contributed by atoms with Gasteiger partial charge in [0.2, 0.25) is 0 Å². The molecule has 0 unspecified atom stereocenters. The normalized spacial score (nSPS) is 14.7. The maximum Gasteiger partial charge on any atom is 0.323 e. The van der Waals surface area contributed by atoms with E-state index in [1.807, 2.05) is 19.1 Å². The van der Waals surface area contributed by atoms with E-state index in [1.54, 1.807) is 17.3 Å². The van der Waals surface area contributed by atoms with Crippen LogP contribution < -0.4 is 5.32 Å². The minimum atomic E-state index is -0.168. The smallest absolute Gasteiger partial charge is 0.323 e. The van der Waals surface area contributed by atoms with Crippen molar-refractivity contribution in [3.05, 3.63) is 29.5 Å². The van der Waals surface area contributed by atoms with Crippen LogP contribution in [0, 0.1) is 6.92 Å². The third kappa shape index (κ3) is 3.42. The van der Waals surface area contributed by atoms with Gasteiger partial charge in [-0.25, -0.2) is 9.78 Å². The van der Waals surface area contributed by atoms with Crippen LogP contribution in [0.25, 0.3) is 21.5 Å². The fourth-order valence-electron chi connectivity index (χ4n) is 2.58. The zero-order valence-electron chi connectivity index (χ0n) is 13.6. The Kier molecular flexibility index (Phi) is 4.24. The van der Waals surface area contributed by atoms with E-state index in [-0.39, 0.29) is 6.03 Å². The van der Waals surface area contributed by atoms with E-state index in [0.717, 1.165) is 26.5 Å². The second kappa shape index (κ2) is 6.69. The summed E-state index contributed by atoms with van der Waals surface area (Å²) in [7, 11) is 0. The molecule has 1 saturated heterocycles. The SMILES string of the molecule is Cc1nnc(-c2cnc3cnc(NC(=O)N4CCOCC4)cc3c2)s1. The van der Waals surface area contributed by atoms with Crippen LogP contribution in [0.3, 0.4) is 0 Å². The van der Waals surface area contributed by atoms with E-state index in [4.69, 9.17) is 4.74 Å². The molecule has 9 heteroatoms. The van der Waals surface area contributed by atoms with E-state index < -0.39 is 0 Å². The number of amides is 2. The molecule has 0 bridgehead atoms. The predicted molar refractivity (Wildman–Crippen MR) is 94.6 cm³/mol. The summed E-state index contributed by atoms with van der Waals surface area (Å²) in [5.41, 5.74) is 1.66. The Bertz CT molecular complexity index is 922. The molecule has 25 heavy (non-hydrogen) atoms. The predicted octanol–water partition coefficient (Wildman–Crippen LogP) is 2.32. The van der Waals surface area contributed by atoms with Gasteiger partial charge in [0.15, 0.2) is 0 Å². The number of morpholine rings is 1. The number of hydrogen-bond acceptors (Lipinski definition) is 7.